The van der Waals surface area contributed by atoms with Gasteiger partial charge < -0.3 is 10.1 Å². The molecule has 1 atom stereocenters. The molecule has 26 heavy (non-hydrogen) atoms. The number of rotatable bonds is 6. The summed E-state index contributed by atoms with van der Waals surface area (Å²) in [6.07, 6.45) is 3.73. The number of nitrogens with one attached hydrogen (secondary N) is 1. The van der Waals surface area contributed by atoms with Crippen LogP contribution in [0, 0.1) is 0 Å². The standard InChI is InChI=1S/C20H22N4OS/c1-2-4-18(5-3-1)25-14-20-23-17(15-26-20)13-24-11-10-22-12-19(24)16-6-8-21-9-7-16/h1-9,15,19,22H,10-14H2. The first-order valence-electron chi connectivity index (χ1n) is 8.84. The van der Waals surface area contributed by atoms with Crippen LogP contribution in [0.3, 0.4) is 0 Å². The number of thiazole rings is 1. The van der Waals surface area contributed by atoms with Crippen LogP contribution >= 0.6 is 11.3 Å². The highest BCUT2D eigenvalue weighted by atomic mass is 32.1. The molecule has 0 radical (unpaired) electrons. The Kier molecular flexibility index (Phi) is 5.54. The minimum absolute atomic E-state index is 0.359. The summed E-state index contributed by atoms with van der Waals surface area (Å²) in [5.41, 5.74) is 2.41. The number of piperazine rings is 1. The number of nitrogens with zero attached hydrogens (tertiary/aromatic N) is 3. The molecule has 0 aliphatic carbocycles. The molecule has 1 saturated heterocycles. The molecule has 1 aliphatic heterocycles. The summed E-state index contributed by atoms with van der Waals surface area (Å²) in [4.78, 5) is 11.4. The maximum Gasteiger partial charge on any atom is 0.140 e. The lowest BCUT2D eigenvalue weighted by atomic mass is 10.0. The van der Waals surface area contributed by atoms with Crippen molar-refractivity contribution in [3.8, 4) is 5.75 Å². The predicted octanol–water partition coefficient (Wildman–Crippen LogP) is 3.26. The predicted molar refractivity (Wildman–Crippen MR) is 103 cm³/mol. The van der Waals surface area contributed by atoms with E-state index in [-0.39, 0.29) is 0 Å². The number of para-hydroxylation sites is 1. The number of hydrogen-bond donors (Lipinski definition) is 1. The summed E-state index contributed by atoms with van der Waals surface area (Å²) in [6.45, 7) is 4.36. The third kappa shape index (κ3) is 4.27. The van der Waals surface area contributed by atoms with Crippen LogP contribution in [0.2, 0.25) is 0 Å². The molecule has 0 saturated carbocycles. The fraction of sp³-hybridized carbons (Fsp3) is 0.300. The number of pyridine rings is 1. The van der Waals surface area contributed by atoms with Gasteiger partial charge in [-0.15, -0.1) is 11.3 Å². The fourth-order valence-corrected chi connectivity index (χ4v) is 3.90. The van der Waals surface area contributed by atoms with E-state index in [2.05, 4.69) is 32.7 Å². The van der Waals surface area contributed by atoms with E-state index in [4.69, 9.17) is 9.72 Å². The van der Waals surface area contributed by atoms with Crippen molar-refractivity contribution in [2.45, 2.75) is 19.2 Å². The zero-order valence-corrected chi connectivity index (χ0v) is 15.4. The second kappa shape index (κ2) is 8.40. The third-order valence-electron chi connectivity index (χ3n) is 4.52. The lowest BCUT2D eigenvalue weighted by molar-refractivity contribution is 0.152. The Morgan fingerprint density at radius 1 is 1.15 bits per heavy atom. The first-order chi connectivity index (χ1) is 12.9. The Balaban J connectivity index is 1.39. The molecule has 5 nitrogen and oxygen atoms in total. The van der Waals surface area contributed by atoms with Gasteiger partial charge in [-0.25, -0.2) is 4.98 Å². The van der Waals surface area contributed by atoms with Crippen LogP contribution < -0.4 is 10.1 Å². The Morgan fingerprint density at radius 2 is 2.00 bits per heavy atom. The van der Waals surface area contributed by atoms with Crippen molar-refractivity contribution in [3.05, 3.63) is 76.5 Å². The molecule has 0 bridgehead atoms. The van der Waals surface area contributed by atoms with Gasteiger partial charge in [0.15, 0.2) is 0 Å². The zero-order chi connectivity index (χ0) is 17.6. The van der Waals surface area contributed by atoms with Crippen molar-refractivity contribution in [2.75, 3.05) is 19.6 Å². The van der Waals surface area contributed by atoms with Gasteiger partial charge in [0, 0.05) is 50.0 Å². The van der Waals surface area contributed by atoms with Gasteiger partial charge >= 0.3 is 0 Å². The number of benzene rings is 1. The number of ether oxygens (including phenoxy) is 1. The Bertz CT molecular complexity index is 809. The summed E-state index contributed by atoms with van der Waals surface area (Å²) < 4.78 is 5.80. The number of hydrogen-bond acceptors (Lipinski definition) is 6. The van der Waals surface area contributed by atoms with Crippen molar-refractivity contribution >= 4 is 11.3 Å². The molecule has 1 aromatic carbocycles. The Labute approximate surface area is 157 Å². The van der Waals surface area contributed by atoms with E-state index in [1.807, 2.05) is 42.7 Å². The third-order valence-corrected chi connectivity index (χ3v) is 5.39. The van der Waals surface area contributed by atoms with Gasteiger partial charge in [-0.1, -0.05) is 18.2 Å². The van der Waals surface area contributed by atoms with Gasteiger partial charge in [0.05, 0.1) is 5.69 Å². The molecule has 3 aromatic rings. The number of aromatic nitrogens is 2. The Hall–Kier alpha value is -2.28. The zero-order valence-electron chi connectivity index (χ0n) is 14.5. The maximum atomic E-state index is 5.80. The summed E-state index contributed by atoms with van der Waals surface area (Å²) >= 11 is 1.67. The van der Waals surface area contributed by atoms with Crippen molar-refractivity contribution in [1.29, 1.82) is 0 Å². The van der Waals surface area contributed by atoms with Crippen LogP contribution in [0.25, 0.3) is 0 Å². The highest BCUT2D eigenvalue weighted by Crippen LogP contribution is 2.24. The van der Waals surface area contributed by atoms with E-state index in [9.17, 15) is 0 Å². The molecule has 1 fully saturated rings. The van der Waals surface area contributed by atoms with Gasteiger partial charge in [0.2, 0.25) is 0 Å². The van der Waals surface area contributed by atoms with Crippen LogP contribution in [0.15, 0.2) is 60.2 Å². The summed E-state index contributed by atoms with van der Waals surface area (Å²) in [5, 5.41) is 6.65. The van der Waals surface area contributed by atoms with Gasteiger partial charge in [-0.2, -0.15) is 0 Å². The first kappa shape index (κ1) is 17.1. The van der Waals surface area contributed by atoms with Gasteiger partial charge in [-0.05, 0) is 29.8 Å². The topological polar surface area (TPSA) is 50.3 Å². The van der Waals surface area contributed by atoms with E-state index < -0.39 is 0 Å². The molecule has 0 amide bonds. The van der Waals surface area contributed by atoms with Crippen LogP contribution in [-0.2, 0) is 13.2 Å². The molecule has 2 aromatic heterocycles. The van der Waals surface area contributed by atoms with E-state index in [0.717, 1.165) is 42.6 Å². The average molecular weight is 366 g/mol. The van der Waals surface area contributed by atoms with Crippen molar-refractivity contribution in [1.82, 2.24) is 20.2 Å². The normalized spacial score (nSPS) is 17.9. The molecule has 1 unspecified atom stereocenters. The van der Waals surface area contributed by atoms with Crippen molar-refractivity contribution < 1.29 is 4.74 Å². The molecular formula is C20H22N4OS. The molecule has 4 rings (SSSR count). The van der Waals surface area contributed by atoms with Crippen LogP contribution in [0.5, 0.6) is 5.75 Å². The van der Waals surface area contributed by atoms with Crippen LogP contribution in [-0.4, -0.2) is 34.5 Å². The van der Waals surface area contributed by atoms with E-state index in [0.29, 0.717) is 12.6 Å². The largest absolute Gasteiger partial charge is 0.486 e. The second-order valence-electron chi connectivity index (χ2n) is 6.31. The molecule has 134 valence electrons. The quantitative estimate of drug-likeness (QED) is 0.726. The monoisotopic (exact) mass is 366 g/mol. The summed E-state index contributed by atoms with van der Waals surface area (Å²) in [5.74, 6) is 0.879. The molecule has 1 N–H and O–H groups in total. The molecule has 6 heteroatoms. The highest BCUT2D eigenvalue weighted by molar-refractivity contribution is 7.09. The van der Waals surface area contributed by atoms with E-state index in [1.54, 1.807) is 11.3 Å². The van der Waals surface area contributed by atoms with E-state index in [1.165, 1.54) is 5.56 Å². The molecule has 1 aliphatic rings. The lowest BCUT2D eigenvalue weighted by Crippen LogP contribution is -2.45. The fourth-order valence-electron chi connectivity index (χ4n) is 3.21. The Morgan fingerprint density at radius 3 is 2.85 bits per heavy atom. The van der Waals surface area contributed by atoms with Gasteiger partial charge in [-0.3, -0.25) is 9.88 Å². The molecule has 0 spiro atoms. The van der Waals surface area contributed by atoms with Gasteiger partial charge in [0.25, 0.3) is 0 Å². The average Bonchev–Trinajstić information content (AvgIpc) is 3.16. The molecular weight excluding hydrogens is 344 g/mol. The van der Waals surface area contributed by atoms with Crippen LogP contribution in [0.4, 0.5) is 0 Å². The maximum absolute atomic E-state index is 5.80. The molecule has 3 heterocycles. The highest BCUT2D eigenvalue weighted by Gasteiger charge is 2.24. The van der Waals surface area contributed by atoms with Crippen molar-refractivity contribution in [2.24, 2.45) is 0 Å². The van der Waals surface area contributed by atoms with Gasteiger partial charge in [0.1, 0.15) is 17.4 Å². The lowest BCUT2D eigenvalue weighted by Gasteiger charge is -2.36. The summed E-state index contributed by atoms with van der Waals surface area (Å²) in [6, 6.07) is 14.4. The van der Waals surface area contributed by atoms with Crippen molar-refractivity contribution in [3.63, 3.8) is 0 Å². The minimum atomic E-state index is 0.359. The minimum Gasteiger partial charge on any atom is -0.486 e. The van der Waals surface area contributed by atoms with E-state index >= 15 is 0 Å². The second-order valence-corrected chi connectivity index (χ2v) is 7.25. The SMILES string of the molecule is c1ccc(OCc2nc(CN3CCNCC3c3ccncc3)cs2)cc1. The van der Waals surface area contributed by atoms with Crippen LogP contribution in [0.1, 0.15) is 22.3 Å². The first-order valence-corrected chi connectivity index (χ1v) is 9.72. The summed E-state index contributed by atoms with van der Waals surface area (Å²) in [7, 11) is 0. The smallest absolute Gasteiger partial charge is 0.140 e.